The molecular weight excluding hydrogens is 538 g/mol. The van der Waals surface area contributed by atoms with Crippen molar-refractivity contribution in [2.24, 2.45) is 5.10 Å². The third-order valence-corrected chi connectivity index (χ3v) is 5.28. The molecule has 4 rings (SSSR count). The van der Waals surface area contributed by atoms with Crippen LogP contribution in [0.5, 0.6) is 11.5 Å². The fraction of sp³-hybridized carbons (Fsp3) is 0.0357. The molecule has 0 unspecified atom stereocenters. The van der Waals surface area contributed by atoms with Crippen molar-refractivity contribution in [3.63, 3.8) is 0 Å². The summed E-state index contributed by atoms with van der Waals surface area (Å²) in [7, 11) is 0. The highest BCUT2D eigenvalue weighted by molar-refractivity contribution is 6.40. The molecule has 1 aromatic heterocycles. The second kappa shape index (κ2) is 13.4. The van der Waals surface area contributed by atoms with Crippen LogP contribution in [0.4, 0.5) is 11.4 Å². The van der Waals surface area contributed by atoms with Crippen molar-refractivity contribution in [3.8, 4) is 11.5 Å². The van der Waals surface area contributed by atoms with Crippen LogP contribution in [-0.2, 0) is 25.7 Å². The van der Waals surface area contributed by atoms with Crippen molar-refractivity contribution >= 4 is 52.8 Å². The number of amides is 4. The summed E-state index contributed by atoms with van der Waals surface area (Å²) in [6, 6.07) is 25.2. The van der Waals surface area contributed by atoms with Gasteiger partial charge in [-0.15, -0.1) is 0 Å². The van der Waals surface area contributed by atoms with Gasteiger partial charge in [-0.25, -0.2) is 5.43 Å². The van der Waals surface area contributed by atoms with E-state index in [1.807, 2.05) is 30.3 Å². The van der Waals surface area contributed by atoms with Crippen LogP contribution in [0.3, 0.4) is 0 Å². The first-order valence-electron chi connectivity index (χ1n) is 11.8. The number of carbonyl (C=O) groups excluding carboxylic acids is 4. The molecule has 0 saturated heterocycles. The highest BCUT2D eigenvalue weighted by atomic mass is 35.5. The molecule has 0 aliphatic rings. The Labute approximate surface area is 233 Å². The van der Waals surface area contributed by atoms with Gasteiger partial charge >= 0.3 is 23.6 Å². The number of furan rings is 1. The number of halogens is 1. The molecule has 4 amide bonds. The Kier molecular flexibility index (Phi) is 9.25. The van der Waals surface area contributed by atoms with Crippen LogP contribution >= 0.6 is 11.6 Å². The summed E-state index contributed by atoms with van der Waals surface area (Å²) in [5.74, 6) is -1.86. The van der Waals surface area contributed by atoms with Gasteiger partial charge in [0.1, 0.15) is 23.0 Å². The van der Waals surface area contributed by atoms with Gasteiger partial charge in [-0.2, -0.15) is 5.10 Å². The Morgan fingerprint density at radius 2 is 1.45 bits per heavy atom. The molecule has 40 heavy (non-hydrogen) atoms. The standard InChI is InChI=1S/C28H22ClN5O6/c29-18-5-4-6-20(15-18)33-26(36)25(35)30-16-23-13-14-24(40-23)17-31-34-28(38)27(37)32-19-9-11-22(12-10-19)39-21-7-2-1-3-8-21/h1-15,17H,16H2,(H,30,35)(H,32,37)(H,33,36)(H,34,38)/b31-17+. The van der Waals surface area contributed by atoms with Gasteiger partial charge in [-0.1, -0.05) is 35.9 Å². The van der Waals surface area contributed by atoms with Crippen molar-refractivity contribution in [1.29, 1.82) is 0 Å². The number of ether oxygens (including phenoxy) is 1. The lowest BCUT2D eigenvalue weighted by atomic mass is 10.3. The number of hydrogen-bond donors (Lipinski definition) is 4. The molecule has 4 N–H and O–H groups in total. The molecule has 0 bridgehead atoms. The summed E-state index contributed by atoms with van der Waals surface area (Å²) in [4.78, 5) is 48.2. The van der Waals surface area contributed by atoms with Crippen molar-refractivity contribution in [2.45, 2.75) is 6.54 Å². The predicted octanol–water partition coefficient (Wildman–Crippen LogP) is 4.07. The predicted molar refractivity (Wildman–Crippen MR) is 148 cm³/mol. The molecule has 1 heterocycles. The van der Waals surface area contributed by atoms with Crippen LogP contribution in [0.25, 0.3) is 0 Å². The first kappa shape index (κ1) is 27.6. The Balaban J connectivity index is 1.19. The first-order valence-corrected chi connectivity index (χ1v) is 12.1. The number of carbonyl (C=O) groups is 4. The Bertz CT molecular complexity index is 1540. The average molecular weight is 560 g/mol. The van der Waals surface area contributed by atoms with Crippen molar-refractivity contribution in [2.75, 3.05) is 10.6 Å². The van der Waals surface area contributed by atoms with E-state index in [1.165, 1.54) is 18.3 Å². The van der Waals surface area contributed by atoms with Crippen LogP contribution in [0, 0.1) is 0 Å². The van der Waals surface area contributed by atoms with E-state index < -0.39 is 23.6 Å². The van der Waals surface area contributed by atoms with Gasteiger partial charge in [-0.3, -0.25) is 19.2 Å². The molecule has 11 nitrogen and oxygen atoms in total. The zero-order chi connectivity index (χ0) is 28.3. The topological polar surface area (TPSA) is 151 Å². The summed E-state index contributed by atoms with van der Waals surface area (Å²) in [6.07, 6.45) is 1.18. The smallest absolute Gasteiger partial charge is 0.329 e. The molecule has 0 atom stereocenters. The molecule has 0 aliphatic carbocycles. The van der Waals surface area contributed by atoms with Gasteiger partial charge < -0.3 is 25.1 Å². The molecule has 3 aromatic carbocycles. The summed E-state index contributed by atoms with van der Waals surface area (Å²) in [5, 5.41) is 11.4. The van der Waals surface area contributed by atoms with Crippen LogP contribution in [0.2, 0.25) is 5.02 Å². The van der Waals surface area contributed by atoms with Gasteiger partial charge in [0.25, 0.3) is 0 Å². The van der Waals surface area contributed by atoms with E-state index in [9.17, 15) is 19.2 Å². The van der Waals surface area contributed by atoms with Gasteiger partial charge in [0.15, 0.2) is 0 Å². The third-order valence-electron chi connectivity index (χ3n) is 5.05. The lowest BCUT2D eigenvalue weighted by Gasteiger charge is -2.07. The number of hydrazone groups is 1. The largest absolute Gasteiger partial charge is 0.458 e. The fourth-order valence-corrected chi connectivity index (χ4v) is 3.38. The monoisotopic (exact) mass is 559 g/mol. The maximum absolute atomic E-state index is 12.1. The van der Waals surface area contributed by atoms with Crippen molar-refractivity contribution in [1.82, 2.24) is 10.7 Å². The number of para-hydroxylation sites is 1. The molecule has 202 valence electrons. The summed E-state index contributed by atoms with van der Waals surface area (Å²) >= 11 is 5.86. The van der Waals surface area contributed by atoms with Crippen LogP contribution in [0.1, 0.15) is 11.5 Å². The molecule has 0 saturated carbocycles. The third kappa shape index (κ3) is 8.30. The Morgan fingerprint density at radius 1 is 0.750 bits per heavy atom. The van der Waals surface area contributed by atoms with Crippen LogP contribution in [-0.4, -0.2) is 29.8 Å². The molecule has 12 heteroatoms. The van der Waals surface area contributed by atoms with Gasteiger partial charge in [0, 0.05) is 16.4 Å². The molecule has 0 spiro atoms. The van der Waals surface area contributed by atoms with E-state index in [0.717, 1.165) is 0 Å². The molecule has 0 fully saturated rings. The maximum Gasteiger partial charge on any atom is 0.329 e. The summed E-state index contributed by atoms with van der Waals surface area (Å²) in [6.45, 7) is -0.0699. The van der Waals surface area contributed by atoms with Crippen LogP contribution < -0.4 is 26.1 Å². The SMILES string of the molecule is O=C(NCc1ccc(/C=N/NC(=O)C(=O)Nc2ccc(Oc3ccccc3)cc2)o1)C(=O)Nc1cccc(Cl)c1. The van der Waals surface area contributed by atoms with Crippen molar-refractivity contribution in [3.05, 3.63) is 108 Å². The minimum absolute atomic E-state index is 0.0699. The normalized spacial score (nSPS) is 10.5. The Morgan fingerprint density at radius 3 is 2.20 bits per heavy atom. The lowest BCUT2D eigenvalue weighted by Crippen LogP contribution is -2.34. The summed E-state index contributed by atoms with van der Waals surface area (Å²) in [5.41, 5.74) is 2.87. The number of anilines is 2. The number of benzene rings is 3. The zero-order valence-corrected chi connectivity index (χ0v) is 21.5. The number of hydrogen-bond acceptors (Lipinski definition) is 7. The van der Waals surface area contributed by atoms with E-state index in [-0.39, 0.29) is 12.3 Å². The van der Waals surface area contributed by atoms with Crippen LogP contribution in [0.15, 0.2) is 101 Å². The minimum atomic E-state index is -0.995. The number of nitrogens with zero attached hydrogens (tertiary/aromatic N) is 1. The molecule has 0 aliphatic heterocycles. The van der Waals surface area contributed by atoms with E-state index in [0.29, 0.717) is 33.7 Å². The lowest BCUT2D eigenvalue weighted by molar-refractivity contribution is -0.136. The van der Waals surface area contributed by atoms with Gasteiger partial charge in [0.05, 0.1) is 12.8 Å². The quantitative estimate of drug-likeness (QED) is 0.145. The summed E-state index contributed by atoms with van der Waals surface area (Å²) < 4.78 is 11.1. The van der Waals surface area contributed by atoms with Crippen molar-refractivity contribution < 1.29 is 28.3 Å². The molecule has 0 radical (unpaired) electrons. The van der Waals surface area contributed by atoms with E-state index in [1.54, 1.807) is 48.5 Å². The van der Waals surface area contributed by atoms with E-state index >= 15 is 0 Å². The second-order valence-electron chi connectivity index (χ2n) is 8.04. The molecule has 4 aromatic rings. The average Bonchev–Trinajstić information content (AvgIpc) is 3.41. The number of rotatable bonds is 8. The van der Waals surface area contributed by atoms with E-state index in [4.69, 9.17) is 20.8 Å². The fourth-order valence-electron chi connectivity index (χ4n) is 3.18. The van der Waals surface area contributed by atoms with Gasteiger partial charge in [-0.05, 0) is 66.7 Å². The second-order valence-corrected chi connectivity index (χ2v) is 8.48. The van der Waals surface area contributed by atoms with Gasteiger partial charge in [0.2, 0.25) is 0 Å². The Hall–Kier alpha value is -5.42. The highest BCUT2D eigenvalue weighted by Gasteiger charge is 2.15. The zero-order valence-electron chi connectivity index (χ0n) is 20.7. The molecular formula is C28H22ClN5O6. The highest BCUT2D eigenvalue weighted by Crippen LogP contribution is 2.22. The minimum Gasteiger partial charge on any atom is -0.458 e. The van der Waals surface area contributed by atoms with E-state index in [2.05, 4.69) is 26.5 Å². The number of nitrogens with one attached hydrogen (secondary N) is 4. The maximum atomic E-state index is 12.1. The first-order chi connectivity index (χ1) is 19.4.